The van der Waals surface area contributed by atoms with Crippen molar-refractivity contribution in [2.45, 2.75) is 44.8 Å². The van der Waals surface area contributed by atoms with Crippen LogP contribution in [0.2, 0.25) is 0 Å². The minimum Gasteiger partial charge on any atom is -0.379 e. The van der Waals surface area contributed by atoms with Crippen LogP contribution >= 0.6 is 0 Å². The second kappa shape index (κ2) is 10.0. The number of hydrogen-bond donors (Lipinski definition) is 2. The predicted octanol–water partition coefficient (Wildman–Crippen LogP) is 0.831. The van der Waals surface area contributed by atoms with Crippen LogP contribution in [0.4, 0.5) is 0 Å². The molecule has 2 rings (SSSR count). The molecule has 1 atom stereocenters. The van der Waals surface area contributed by atoms with E-state index in [1.807, 2.05) is 7.05 Å². The number of nitrogens with one attached hydrogen (secondary N) is 2. The number of rotatable bonds is 10. The molecule has 2 N–H and O–H groups in total. The Morgan fingerprint density at radius 2 is 2.09 bits per heavy atom. The molecule has 0 bridgehead atoms. The van der Waals surface area contributed by atoms with Crippen molar-refractivity contribution in [1.29, 1.82) is 0 Å². The van der Waals surface area contributed by atoms with Gasteiger partial charge in [0.25, 0.3) is 0 Å². The molecule has 0 aromatic rings. The average Bonchev–Trinajstić information content (AvgIpc) is 3.25. The largest absolute Gasteiger partial charge is 0.379 e. The number of aliphatic imine (C=N–C) groups is 1. The second-order valence-electron chi connectivity index (χ2n) is 6.00. The number of likely N-dealkylation sites (N-methyl/N-ethyl adjacent to an activating group) is 1. The molecule has 1 saturated heterocycles. The molecule has 0 spiro atoms. The summed E-state index contributed by atoms with van der Waals surface area (Å²) in [4.78, 5) is 6.80. The molecular weight excluding hydrogens is 280 g/mol. The highest BCUT2D eigenvalue weighted by atomic mass is 16.5. The summed E-state index contributed by atoms with van der Waals surface area (Å²) in [6.45, 7) is 8.67. The van der Waals surface area contributed by atoms with Gasteiger partial charge >= 0.3 is 0 Å². The van der Waals surface area contributed by atoms with Crippen molar-refractivity contribution in [3.05, 3.63) is 0 Å². The molecule has 6 nitrogen and oxygen atoms in total. The van der Waals surface area contributed by atoms with Gasteiger partial charge < -0.3 is 20.1 Å². The first-order valence-corrected chi connectivity index (χ1v) is 8.71. The van der Waals surface area contributed by atoms with E-state index in [1.54, 1.807) is 0 Å². The highest BCUT2D eigenvalue weighted by Gasteiger charge is 2.27. The third-order valence-corrected chi connectivity index (χ3v) is 4.24. The number of ether oxygens (including phenoxy) is 2. The Bertz CT molecular complexity index is 328. The Morgan fingerprint density at radius 1 is 1.27 bits per heavy atom. The van der Waals surface area contributed by atoms with Crippen LogP contribution in [0.15, 0.2) is 4.99 Å². The summed E-state index contributed by atoms with van der Waals surface area (Å²) in [6, 6.07) is 0.832. The first-order valence-electron chi connectivity index (χ1n) is 8.71. The lowest BCUT2D eigenvalue weighted by Gasteiger charge is -2.20. The molecule has 0 aromatic carbocycles. The molecule has 1 saturated carbocycles. The van der Waals surface area contributed by atoms with E-state index in [0.717, 1.165) is 70.8 Å². The lowest BCUT2D eigenvalue weighted by molar-refractivity contribution is 0.0420. The van der Waals surface area contributed by atoms with Crippen LogP contribution in [-0.4, -0.2) is 76.1 Å². The summed E-state index contributed by atoms with van der Waals surface area (Å²) in [7, 11) is 1.82. The first kappa shape index (κ1) is 17.5. The zero-order valence-electron chi connectivity index (χ0n) is 14.1. The van der Waals surface area contributed by atoms with Gasteiger partial charge in [-0.25, -0.2) is 0 Å². The monoisotopic (exact) mass is 312 g/mol. The van der Waals surface area contributed by atoms with Gasteiger partial charge in [-0.2, -0.15) is 0 Å². The minimum atomic E-state index is 0.305. The molecule has 0 amide bonds. The van der Waals surface area contributed by atoms with E-state index in [-0.39, 0.29) is 0 Å². The van der Waals surface area contributed by atoms with Crippen LogP contribution in [0.25, 0.3) is 0 Å². The fourth-order valence-electron chi connectivity index (χ4n) is 2.75. The van der Waals surface area contributed by atoms with Crippen LogP contribution in [-0.2, 0) is 9.47 Å². The summed E-state index contributed by atoms with van der Waals surface area (Å²) in [5, 5.41) is 6.73. The van der Waals surface area contributed by atoms with Crippen molar-refractivity contribution in [3.63, 3.8) is 0 Å². The zero-order valence-corrected chi connectivity index (χ0v) is 14.1. The standard InChI is InChI=1S/C16H32N4O2/c1-3-20(14-5-6-14)10-9-19-16(17-2)18-8-4-11-22-15-7-12-21-13-15/h14-15H,3-13H2,1-2H3,(H2,17,18,19). The van der Waals surface area contributed by atoms with Crippen LogP contribution in [0, 0.1) is 0 Å². The molecule has 0 radical (unpaired) electrons. The van der Waals surface area contributed by atoms with E-state index in [9.17, 15) is 0 Å². The van der Waals surface area contributed by atoms with Gasteiger partial charge in [-0.15, -0.1) is 0 Å². The van der Waals surface area contributed by atoms with E-state index in [2.05, 4.69) is 27.4 Å². The average molecular weight is 312 g/mol. The Labute approximate surface area is 134 Å². The van der Waals surface area contributed by atoms with Crippen molar-refractivity contribution in [3.8, 4) is 0 Å². The molecule has 1 heterocycles. The van der Waals surface area contributed by atoms with Crippen molar-refractivity contribution < 1.29 is 9.47 Å². The van der Waals surface area contributed by atoms with Crippen molar-refractivity contribution in [1.82, 2.24) is 15.5 Å². The van der Waals surface area contributed by atoms with E-state index < -0.39 is 0 Å². The van der Waals surface area contributed by atoms with E-state index in [4.69, 9.17) is 9.47 Å². The molecule has 2 aliphatic rings. The van der Waals surface area contributed by atoms with Gasteiger partial charge in [-0.1, -0.05) is 6.92 Å². The minimum absolute atomic E-state index is 0.305. The number of guanidine groups is 1. The maximum Gasteiger partial charge on any atom is 0.191 e. The maximum atomic E-state index is 5.75. The Kier molecular flexibility index (Phi) is 7.98. The van der Waals surface area contributed by atoms with Crippen LogP contribution in [0.5, 0.6) is 0 Å². The lowest BCUT2D eigenvalue weighted by atomic mass is 10.3. The summed E-state index contributed by atoms with van der Waals surface area (Å²) in [5.74, 6) is 0.885. The summed E-state index contributed by atoms with van der Waals surface area (Å²) in [6.07, 6.45) is 5.06. The SMILES string of the molecule is CCN(CCNC(=NC)NCCCOC1CCOC1)C1CC1. The zero-order chi connectivity index (χ0) is 15.6. The van der Waals surface area contributed by atoms with Gasteiger partial charge in [0, 0.05) is 45.9 Å². The van der Waals surface area contributed by atoms with Gasteiger partial charge in [0.15, 0.2) is 5.96 Å². The van der Waals surface area contributed by atoms with Gasteiger partial charge in [0.2, 0.25) is 0 Å². The molecule has 22 heavy (non-hydrogen) atoms. The lowest BCUT2D eigenvalue weighted by Crippen LogP contribution is -2.42. The molecular formula is C16H32N4O2. The molecule has 1 aliphatic heterocycles. The quantitative estimate of drug-likeness (QED) is 0.355. The van der Waals surface area contributed by atoms with Crippen LogP contribution in [0.1, 0.15) is 32.6 Å². The Hall–Kier alpha value is -0.850. The number of nitrogens with zero attached hydrogens (tertiary/aromatic N) is 2. The summed E-state index contributed by atoms with van der Waals surface area (Å²) >= 11 is 0. The maximum absolute atomic E-state index is 5.75. The topological polar surface area (TPSA) is 58.1 Å². The molecule has 1 unspecified atom stereocenters. The van der Waals surface area contributed by atoms with Crippen LogP contribution in [0.3, 0.4) is 0 Å². The van der Waals surface area contributed by atoms with Crippen LogP contribution < -0.4 is 10.6 Å². The molecule has 2 fully saturated rings. The van der Waals surface area contributed by atoms with Crippen molar-refractivity contribution >= 4 is 5.96 Å². The molecule has 128 valence electrons. The van der Waals surface area contributed by atoms with E-state index in [1.165, 1.54) is 12.8 Å². The Balaban J connectivity index is 1.47. The second-order valence-corrected chi connectivity index (χ2v) is 6.00. The van der Waals surface area contributed by atoms with Gasteiger partial charge in [-0.05, 0) is 32.2 Å². The van der Waals surface area contributed by atoms with E-state index in [0.29, 0.717) is 6.10 Å². The van der Waals surface area contributed by atoms with Gasteiger partial charge in [0.05, 0.1) is 12.7 Å². The van der Waals surface area contributed by atoms with Gasteiger partial charge in [-0.3, -0.25) is 9.89 Å². The third-order valence-electron chi connectivity index (χ3n) is 4.24. The smallest absolute Gasteiger partial charge is 0.191 e. The van der Waals surface area contributed by atoms with E-state index >= 15 is 0 Å². The van der Waals surface area contributed by atoms with Crippen molar-refractivity contribution in [2.24, 2.45) is 4.99 Å². The van der Waals surface area contributed by atoms with Gasteiger partial charge in [0.1, 0.15) is 0 Å². The third kappa shape index (κ3) is 6.50. The molecule has 0 aromatic heterocycles. The fourth-order valence-corrected chi connectivity index (χ4v) is 2.75. The normalized spacial score (nSPS) is 22.3. The Morgan fingerprint density at radius 3 is 2.73 bits per heavy atom. The summed E-state index contributed by atoms with van der Waals surface area (Å²) < 4.78 is 11.0. The summed E-state index contributed by atoms with van der Waals surface area (Å²) in [5.41, 5.74) is 0. The first-order chi connectivity index (χ1) is 10.8. The fraction of sp³-hybridized carbons (Fsp3) is 0.938. The highest BCUT2D eigenvalue weighted by molar-refractivity contribution is 5.79. The predicted molar refractivity (Wildman–Crippen MR) is 89.4 cm³/mol. The highest BCUT2D eigenvalue weighted by Crippen LogP contribution is 2.25. The number of hydrogen-bond acceptors (Lipinski definition) is 4. The molecule has 1 aliphatic carbocycles. The van der Waals surface area contributed by atoms with Crippen molar-refractivity contribution in [2.75, 3.05) is 53.0 Å². The molecule has 6 heteroatoms.